The van der Waals surface area contributed by atoms with Gasteiger partial charge in [-0.1, -0.05) is 26.0 Å². The van der Waals surface area contributed by atoms with Crippen molar-refractivity contribution < 1.29 is 0 Å². The number of aryl methyl sites for hydroxylation is 1. The molecule has 1 aromatic carbocycles. The molecule has 0 bridgehead atoms. The number of rotatable bonds is 5. The molecule has 0 aliphatic carbocycles. The minimum atomic E-state index is 0.613. The van der Waals surface area contributed by atoms with Crippen LogP contribution in [0, 0.1) is 5.92 Å². The number of benzene rings is 1. The molecule has 22 heavy (non-hydrogen) atoms. The lowest BCUT2D eigenvalue weighted by atomic mass is 10.1. The summed E-state index contributed by atoms with van der Waals surface area (Å²) in [7, 11) is 1.98. The molecule has 2 aromatic heterocycles. The van der Waals surface area contributed by atoms with Gasteiger partial charge in [-0.3, -0.25) is 4.68 Å². The first-order valence-electron chi connectivity index (χ1n) is 7.90. The van der Waals surface area contributed by atoms with Crippen molar-refractivity contribution in [3.8, 4) is 11.3 Å². The highest BCUT2D eigenvalue weighted by molar-refractivity contribution is 5.88. The van der Waals surface area contributed by atoms with E-state index in [2.05, 4.69) is 54.0 Å². The van der Waals surface area contributed by atoms with Crippen molar-refractivity contribution in [3.63, 3.8) is 0 Å². The van der Waals surface area contributed by atoms with Crippen LogP contribution in [0.15, 0.2) is 36.7 Å². The number of nitrogens with zero attached hydrogens (tertiary/aromatic N) is 3. The first-order valence-corrected chi connectivity index (χ1v) is 7.90. The standard InChI is InChI=1S/C18H24N4/c1-13(2)11-22-12-15(6-8-19)16-5-4-14(10-18(16)22)17-7-9-20-21(17)3/h4-5,7,9-10,12-13H,6,8,11,19H2,1-3H3. The summed E-state index contributed by atoms with van der Waals surface area (Å²) in [5.41, 5.74) is 10.7. The van der Waals surface area contributed by atoms with Crippen LogP contribution in [-0.2, 0) is 20.0 Å². The molecule has 2 heterocycles. The lowest BCUT2D eigenvalue weighted by Crippen LogP contribution is -2.04. The summed E-state index contributed by atoms with van der Waals surface area (Å²) in [5, 5.41) is 5.59. The number of aromatic nitrogens is 3. The van der Waals surface area contributed by atoms with Gasteiger partial charge in [-0.05, 0) is 36.6 Å². The Labute approximate surface area is 131 Å². The smallest absolute Gasteiger partial charge is 0.0679 e. The fraction of sp³-hybridized carbons (Fsp3) is 0.389. The van der Waals surface area contributed by atoms with Crippen LogP contribution in [0.1, 0.15) is 19.4 Å². The molecule has 0 unspecified atom stereocenters. The van der Waals surface area contributed by atoms with Gasteiger partial charge >= 0.3 is 0 Å². The maximum atomic E-state index is 5.77. The van der Waals surface area contributed by atoms with Crippen LogP contribution in [0.4, 0.5) is 0 Å². The average Bonchev–Trinajstić information content (AvgIpc) is 3.04. The van der Waals surface area contributed by atoms with Gasteiger partial charge in [0, 0.05) is 42.5 Å². The second kappa shape index (κ2) is 5.97. The van der Waals surface area contributed by atoms with Crippen LogP contribution in [0.2, 0.25) is 0 Å². The summed E-state index contributed by atoms with van der Waals surface area (Å²) < 4.78 is 4.28. The van der Waals surface area contributed by atoms with Crippen molar-refractivity contribution >= 4 is 10.9 Å². The van der Waals surface area contributed by atoms with E-state index in [1.54, 1.807) is 0 Å². The Kier molecular flexibility index (Phi) is 4.03. The van der Waals surface area contributed by atoms with Crippen LogP contribution >= 0.6 is 0 Å². The molecule has 0 aliphatic rings. The quantitative estimate of drug-likeness (QED) is 0.786. The third kappa shape index (κ3) is 2.66. The molecule has 116 valence electrons. The summed E-state index contributed by atoms with van der Waals surface area (Å²) in [6.07, 6.45) is 5.03. The summed E-state index contributed by atoms with van der Waals surface area (Å²) in [6, 6.07) is 8.73. The lowest BCUT2D eigenvalue weighted by molar-refractivity contribution is 0.534. The Hall–Kier alpha value is -2.07. The molecule has 0 fully saturated rings. The predicted octanol–water partition coefficient (Wildman–Crippen LogP) is 3.20. The van der Waals surface area contributed by atoms with Crippen molar-refractivity contribution in [1.29, 1.82) is 0 Å². The van der Waals surface area contributed by atoms with E-state index in [-0.39, 0.29) is 0 Å². The molecule has 3 aromatic rings. The van der Waals surface area contributed by atoms with E-state index in [9.17, 15) is 0 Å². The van der Waals surface area contributed by atoms with E-state index in [4.69, 9.17) is 5.73 Å². The first-order chi connectivity index (χ1) is 10.6. The van der Waals surface area contributed by atoms with Crippen LogP contribution in [0.5, 0.6) is 0 Å². The van der Waals surface area contributed by atoms with Gasteiger partial charge in [0.1, 0.15) is 0 Å². The second-order valence-corrected chi connectivity index (χ2v) is 6.31. The Morgan fingerprint density at radius 1 is 1.23 bits per heavy atom. The molecular weight excluding hydrogens is 272 g/mol. The van der Waals surface area contributed by atoms with Gasteiger partial charge < -0.3 is 10.3 Å². The van der Waals surface area contributed by atoms with Crippen LogP contribution in [0.3, 0.4) is 0 Å². The minimum Gasteiger partial charge on any atom is -0.347 e. The third-order valence-electron chi connectivity index (χ3n) is 4.06. The molecule has 3 rings (SSSR count). The zero-order valence-electron chi connectivity index (χ0n) is 13.6. The minimum absolute atomic E-state index is 0.613. The number of fused-ring (bicyclic) bond motifs is 1. The second-order valence-electron chi connectivity index (χ2n) is 6.31. The van der Waals surface area contributed by atoms with Gasteiger partial charge in [-0.15, -0.1) is 0 Å². The molecule has 0 spiro atoms. The van der Waals surface area contributed by atoms with Gasteiger partial charge in [0.15, 0.2) is 0 Å². The summed E-state index contributed by atoms with van der Waals surface area (Å²) in [6.45, 7) is 6.21. The highest BCUT2D eigenvalue weighted by atomic mass is 15.3. The molecule has 0 aliphatic heterocycles. The van der Waals surface area contributed by atoms with Gasteiger partial charge in [-0.25, -0.2) is 0 Å². The van der Waals surface area contributed by atoms with Gasteiger partial charge in [0.2, 0.25) is 0 Å². The summed E-state index contributed by atoms with van der Waals surface area (Å²) in [5.74, 6) is 0.613. The Morgan fingerprint density at radius 3 is 2.68 bits per heavy atom. The van der Waals surface area contributed by atoms with E-state index in [1.165, 1.54) is 22.0 Å². The molecule has 0 saturated carbocycles. The van der Waals surface area contributed by atoms with E-state index in [0.29, 0.717) is 12.5 Å². The normalized spacial score (nSPS) is 11.7. The fourth-order valence-electron chi connectivity index (χ4n) is 3.08. The van der Waals surface area contributed by atoms with E-state index >= 15 is 0 Å². The Balaban J connectivity index is 2.14. The maximum absolute atomic E-state index is 5.77. The monoisotopic (exact) mass is 296 g/mol. The van der Waals surface area contributed by atoms with Crippen LogP contribution in [0.25, 0.3) is 22.2 Å². The van der Waals surface area contributed by atoms with Crippen molar-refractivity contribution in [3.05, 3.63) is 42.2 Å². The Morgan fingerprint density at radius 2 is 2.05 bits per heavy atom. The molecule has 0 radical (unpaired) electrons. The zero-order valence-corrected chi connectivity index (χ0v) is 13.6. The van der Waals surface area contributed by atoms with Crippen molar-refractivity contribution in [2.45, 2.75) is 26.8 Å². The lowest BCUT2D eigenvalue weighted by Gasteiger charge is -2.09. The first kappa shape index (κ1) is 14.9. The van der Waals surface area contributed by atoms with Crippen molar-refractivity contribution in [2.24, 2.45) is 18.7 Å². The van der Waals surface area contributed by atoms with Crippen LogP contribution < -0.4 is 5.73 Å². The largest absolute Gasteiger partial charge is 0.347 e. The maximum Gasteiger partial charge on any atom is 0.0679 e. The summed E-state index contributed by atoms with van der Waals surface area (Å²) >= 11 is 0. The third-order valence-corrected chi connectivity index (χ3v) is 4.06. The average molecular weight is 296 g/mol. The van der Waals surface area contributed by atoms with Crippen molar-refractivity contribution in [1.82, 2.24) is 14.3 Å². The highest BCUT2D eigenvalue weighted by Crippen LogP contribution is 2.28. The van der Waals surface area contributed by atoms with Gasteiger partial charge in [0.25, 0.3) is 0 Å². The number of hydrogen-bond acceptors (Lipinski definition) is 2. The molecule has 0 amide bonds. The van der Waals surface area contributed by atoms with E-state index in [1.807, 2.05) is 17.9 Å². The predicted molar refractivity (Wildman–Crippen MR) is 91.7 cm³/mol. The SMILES string of the molecule is CC(C)Cn1cc(CCN)c2ccc(-c3ccnn3C)cc21. The zero-order chi connectivity index (χ0) is 15.7. The highest BCUT2D eigenvalue weighted by Gasteiger charge is 2.11. The molecule has 2 N–H and O–H groups in total. The fourth-order valence-corrected chi connectivity index (χ4v) is 3.08. The van der Waals surface area contributed by atoms with E-state index in [0.717, 1.165) is 18.7 Å². The molecule has 4 nitrogen and oxygen atoms in total. The Bertz CT molecular complexity index is 780. The topological polar surface area (TPSA) is 48.8 Å². The summed E-state index contributed by atoms with van der Waals surface area (Å²) in [4.78, 5) is 0. The molecule has 4 heteroatoms. The number of nitrogens with two attached hydrogens (primary N) is 1. The molecule has 0 atom stereocenters. The van der Waals surface area contributed by atoms with Crippen molar-refractivity contribution in [2.75, 3.05) is 6.54 Å². The van der Waals surface area contributed by atoms with Gasteiger partial charge in [-0.2, -0.15) is 5.10 Å². The number of hydrogen-bond donors (Lipinski definition) is 1. The van der Waals surface area contributed by atoms with E-state index < -0.39 is 0 Å². The van der Waals surface area contributed by atoms with Crippen LogP contribution in [-0.4, -0.2) is 20.9 Å². The molecular formula is C18H24N4. The van der Waals surface area contributed by atoms with Gasteiger partial charge in [0.05, 0.1) is 5.69 Å². The molecule has 0 saturated heterocycles.